The summed E-state index contributed by atoms with van der Waals surface area (Å²) in [5.41, 5.74) is 3.75. The fourth-order valence-corrected chi connectivity index (χ4v) is 1.45. The monoisotopic (exact) mass is 315 g/mol. The van der Waals surface area contributed by atoms with E-state index in [9.17, 15) is 18.9 Å². The Balaban J connectivity index is 3.45. The second kappa shape index (κ2) is 3.98. The Bertz CT molecular complexity index is 386. The standard InChI is InChI=1S/C6H4F2IN3O2/c7-6(8)4-5(12(13)14)3(9)2(10)1-11-4/h1,6H,10H2. The first-order chi connectivity index (χ1) is 6.45. The maximum Gasteiger partial charge on any atom is 0.311 e. The minimum atomic E-state index is -2.98. The van der Waals surface area contributed by atoms with Crippen molar-refractivity contribution in [2.45, 2.75) is 6.43 Å². The third kappa shape index (κ3) is 1.89. The van der Waals surface area contributed by atoms with E-state index in [2.05, 4.69) is 4.98 Å². The smallest absolute Gasteiger partial charge is 0.311 e. The van der Waals surface area contributed by atoms with Gasteiger partial charge >= 0.3 is 5.69 Å². The number of nitrogens with zero attached hydrogens (tertiary/aromatic N) is 2. The van der Waals surface area contributed by atoms with E-state index in [4.69, 9.17) is 5.73 Å². The summed E-state index contributed by atoms with van der Waals surface area (Å²) in [5, 5.41) is 10.5. The lowest BCUT2D eigenvalue weighted by Crippen LogP contribution is -2.04. The Labute approximate surface area is 90.6 Å². The van der Waals surface area contributed by atoms with E-state index in [0.717, 1.165) is 6.20 Å². The highest BCUT2D eigenvalue weighted by atomic mass is 127. The summed E-state index contributed by atoms with van der Waals surface area (Å²) in [7, 11) is 0. The number of aromatic nitrogens is 1. The van der Waals surface area contributed by atoms with Crippen LogP contribution in [0.5, 0.6) is 0 Å². The van der Waals surface area contributed by atoms with E-state index in [1.165, 1.54) is 22.6 Å². The molecule has 0 unspecified atom stereocenters. The summed E-state index contributed by atoms with van der Waals surface area (Å²) in [5.74, 6) is 0. The van der Waals surface area contributed by atoms with Crippen LogP contribution in [0.3, 0.4) is 0 Å². The minimum absolute atomic E-state index is 0.0155. The van der Waals surface area contributed by atoms with Gasteiger partial charge in [0.05, 0.1) is 16.8 Å². The van der Waals surface area contributed by atoms with Gasteiger partial charge in [-0.1, -0.05) is 0 Å². The van der Waals surface area contributed by atoms with E-state index in [0.29, 0.717) is 0 Å². The lowest BCUT2D eigenvalue weighted by Gasteiger charge is -2.04. The van der Waals surface area contributed by atoms with Gasteiger partial charge in [-0.2, -0.15) is 0 Å². The molecule has 1 aromatic rings. The predicted molar refractivity (Wildman–Crippen MR) is 53.0 cm³/mol. The molecule has 0 spiro atoms. The second-order valence-electron chi connectivity index (χ2n) is 2.32. The fraction of sp³-hybridized carbons (Fsp3) is 0.167. The molecule has 0 aliphatic rings. The molecule has 76 valence electrons. The average Bonchev–Trinajstić information content (AvgIpc) is 2.08. The number of nitrogens with two attached hydrogens (primary N) is 1. The SMILES string of the molecule is Nc1cnc(C(F)F)c([N+](=O)[O-])c1I. The topological polar surface area (TPSA) is 82.0 Å². The van der Waals surface area contributed by atoms with Gasteiger partial charge in [-0.3, -0.25) is 10.1 Å². The van der Waals surface area contributed by atoms with Crippen molar-refractivity contribution in [2.24, 2.45) is 0 Å². The van der Waals surface area contributed by atoms with Crippen molar-refractivity contribution in [3.63, 3.8) is 0 Å². The Morgan fingerprint density at radius 3 is 2.64 bits per heavy atom. The van der Waals surface area contributed by atoms with Crippen molar-refractivity contribution >= 4 is 34.0 Å². The zero-order valence-electron chi connectivity index (χ0n) is 6.58. The molecule has 0 aliphatic heterocycles. The quantitative estimate of drug-likeness (QED) is 0.515. The van der Waals surface area contributed by atoms with Crippen LogP contribution in [0.1, 0.15) is 12.1 Å². The number of pyridine rings is 1. The Kier molecular flexibility index (Phi) is 3.13. The van der Waals surface area contributed by atoms with Gasteiger partial charge in [-0.25, -0.2) is 13.8 Å². The molecule has 0 radical (unpaired) electrons. The molecule has 1 rings (SSSR count). The first kappa shape index (κ1) is 11.0. The average molecular weight is 315 g/mol. The predicted octanol–water partition coefficient (Wildman–Crippen LogP) is 2.11. The van der Waals surface area contributed by atoms with Crippen LogP contribution in [0.2, 0.25) is 0 Å². The third-order valence-corrected chi connectivity index (χ3v) is 2.57. The molecule has 0 saturated heterocycles. The van der Waals surface area contributed by atoms with Crippen molar-refractivity contribution in [3.8, 4) is 0 Å². The molecule has 2 N–H and O–H groups in total. The maximum absolute atomic E-state index is 12.3. The lowest BCUT2D eigenvalue weighted by atomic mass is 10.3. The maximum atomic E-state index is 12.3. The van der Waals surface area contributed by atoms with Crippen LogP contribution in [-0.4, -0.2) is 9.91 Å². The zero-order valence-corrected chi connectivity index (χ0v) is 8.73. The molecule has 1 heterocycles. The van der Waals surface area contributed by atoms with Crippen LogP contribution in [0.15, 0.2) is 6.20 Å². The van der Waals surface area contributed by atoms with E-state index in [-0.39, 0.29) is 9.26 Å². The molecule has 0 aromatic carbocycles. The van der Waals surface area contributed by atoms with Crippen LogP contribution >= 0.6 is 22.6 Å². The Morgan fingerprint density at radius 1 is 1.64 bits per heavy atom. The van der Waals surface area contributed by atoms with Crippen LogP contribution < -0.4 is 5.73 Å². The Morgan fingerprint density at radius 2 is 2.21 bits per heavy atom. The summed E-state index contributed by atoms with van der Waals surface area (Å²) in [6.45, 7) is 0. The highest BCUT2D eigenvalue weighted by Crippen LogP contribution is 2.33. The van der Waals surface area contributed by atoms with Gasteiger partial charge < -0.3 is 5.73 Å². The van der Waals surface area contributed by atoms with Crippen LogP contribution in [0, 0.1) is 13.7 Å². The number of hydrogen-bond donors (Lipinski definition) is 1. The molecular formula is C6H4F2IN3O2. The summed E-state index contributed by atoms with van der Waals surface area (Å²) < 4.78 is 24.6. The van der Waals surface area contributed by atoms with Crippen LogP contribution in [0.4, 0.5) is 20.2 Å². The fourth-order valence-electron chi connectivity index (χ4n) is 0.839. The number of anilines is 1. The minimum Gasteiger partial charge on any atom is -0.396 e. The van der Waals surface area contributed by atoms with Crippen LogP contribution in [0.25, 0.3) is 0 Å². The van der Waals surface area contributed by atoms with Crippen molar-refractivity contribution in [1.29, 1.82) is 0 Å². The summed E-state index contributed by atoms with van der Waals surface area (Å²) in [4.78, 5) is 12.8. The molecule has 0 bridgehead atoms. The van der Waals surface area contributed by atoms with Gasteiger partial charge in [0.25, 0.3) is 6.43 Å². The van der Waals surface area contributed by atoms with Crippen molar-refractivity contribution in [2.75, 3.05) is 5.73 Å². The molecule has 5 nitrogen and oxygen atoms in total. The number of hydrogen-bond acceptors (Lipinski definition) is 4. The largest absolute Gasteiger partial charge is 0.396 e. The van der Waals surface area contributed by atoms with E-state index >= 15 is 0 Å². The number of nitrogen functional groups attached to an aromatic ring is 1. The molecule has 14 heavy (non-hydrogen) atoms. The van der Waals surface area contributed by atoms with Gasteiger partial charge in [0.2, 0.25) is 0 Å². The second-order valence-corrected chi connectivity index (χ2v) is 3.40. The first-order valence-corrected chi connectivity index (χ1v) is 4.39. The Hall–Kier alpha value is -1.06. The molecule has 0 atom stereocenters. The van der Waals surface area contributed by atoms with Crippen LogP contribution in [-0.2, 0) is 0 Å². The molecule has 1 aromatic heterocycles. The van der Waals surface area contributed by atoms with Crippen molar-refractivity contribution < 1.29 is 13.7 Å². The van der Waals surface area contributed by atoms with Crippen molar-refractivity contribution in [1.82, 2.24) is 4.98 Å². The summed E-state index contributed by atoms with van der Waals surface area (Å²) in [6.07, 6.45) is -2.00. The molecular weight excluding hydrogens is 311 g/mol. The lowest BCUT2D eigenvalue weighted by molar-refractivity contribution is -0.387. The number of halogens is 3. The summed E-state index contributed by atoms with van der Waals surface area (Å²) >= 11 is 1.54. The van der Waals surface area contributed by atoms with E-state index in [1.807, 2.05) is 0 Å². The molecule has 0 fully saturated rings. The highest BCUT2D eigenvalue weighted by Gasteiger charge is 2.27. The first-order valence-electron chi connectivity index (χ1n) is 3.31. The summed E-state index contributed by atoms with van der Waals surface area (Å²) in [6, 6.07) is 0. The van der Waals surface area contributed by atoms with Gasteiger partial charge in [0, 0.05) is 0 Å². The van der Waals surface area contributed by atoms with E-state index < -0.39 is 22.7 Å². The van der Waals surface area contributed by atoms with Gasteiger partial charge in [0.1, 0.15) is 3.57 Å². The van der Waals surface area contributed by atoms with Gasteiger partial charge in [-0.15, -0.1) is 0 Å². The number of nitro groups is 1. The molecule has 0 aliphatic carbocycles. The van der Waals surface area contributed by atoms with E-state index in [1.54, 1.807) is 0 Å². The molecule has 8 heteroatoms. The molecule has 0 amide bonds. The number of rotatable bonds is 2. The third-order valence-electron chi connectivity index (χ3n) is 1.44. The molecule has 0 saturated carbocycles. The van der Waals surface area contributed by atoms with Gasteiger partial charge in [-0.05, 0) is 22.6 Å². The zero-order chi connectivity index (χ0) is 10.9. The van der Waals surface area contributed by atoms with Gasteiger partial charge in [0.15, 0.2) is 5.69 Å². The highest BCUT2D eigenvalue weighted by molar-refractivity contribution is 14.1. The van der Waals surface area contributed by atoms with Crippen molar-refractivity contribution in [3.05, 3.63) is 25.6 Å². The number of alkyl halides is 2. The normalized spacial score (nSPS) is 10.6.